The molecule has 0 bridgehead atoms. The summed E-state index contributed by atoms with van der Waals surface area (Å²) in [6.45, 7) is 0. The fraction of sp³-hybridized carbons (Fsp3) is 0.707. The zero-order valence-corrected chi connectivity index (χ0v) is 36.8. The Morgan fingerprint density at radius 2 is 0.773 bits per heavy atom. The molecule has 4 atom stereocenters. The van der Waals surface area contributed by atoms with Gasteiger partial charge in [0.05, 0.1) is 6.42 Å². The first-order valence-corrected chi connectivity index (χ1v) is 21.2. The number of aldehydes is 1. The third-order valence-electron chi connectivity index (χ3n) is 11.4. The van der Waals surface area contributed by atoms with Gasteiger partial charge >= 0.3 is 47.8 Å². The van der Waals surface area contributed by atoms with Crippen LogP contribution in [0, 0.1) is 5.92 Å². The number of carbonyl (C=O) groups excluding carboxylic acids is 4. The SMILES string of the molecule is CNC(CCC(=O)NC(CCC(=O)O)C(CCC(=O)O)CC(=O)O)(CCC(=O)NC(CCC(=O)O)(CCC(=O)O)CCC(=O)O)CCC(=O)NC(CCC(=O)O)(CCC(=O)O)CC(O)C=O. The minimum Gasteiger partial charge on any atom is -0.481 e. The Balaban J connectivity index is 7.04. The van der Waals surface area contributed by atoms with Gasteiger partial charge in [0.2, 0.25) is 17.7 Å². The van der Waals surface area contributed by atoms with E-state index in [2.05, 4.69) is 21.3 Å². The highest BCUT2D eigenvalue weighted by atomic mass is 16.4. The Bertz CT molecular complexity index is 1660. The van der Waals surface area contributed by atoms with Crippen molar-refractivity contribution in [3.05, 3.63) is 0 Å². The maximum atomic E-state index is 13.7. The van der Waals surface area contributed by atoms with E-state index in [4.69, 9.17) is 0 Å². The zero-order valence-electron chi connectivity index (χ0n) is 36.8. The van der Waals surface area contributed by atoms with Gasteiger partial charge in [0, 0.05) is 93.3 Å². The fourth-order valence-electron chi connectivity index (χ4n) is 7.73. The largest absolute Gasteiger partial charge is 0.481 e. The van der Waals surface area contributed by atoms with Crippen LogP contribution in [0.25, 0.3) is 0 Å². The first-order chi connectivity index (χ1) is 30.7. The molecular formula is C41H64N4O21. The Kier molecular flexibility index (Phi) is 27.2. The molecule has 25 nitrogen and oxygen atoms in total. The second-order valence-electron chi connectivity index (χ2n) is 16.5. The highest BCUT2D eigenvalue weighted by Gasteiger charge is 2.39. The first kappa shape index (κ1) is 59.8. The average Bonchev–Trinajstić information content (AvgIpc) is 3.22. The van der Waals surface area contributed by atoms with Crippen LogP contribution in [0.4, 0.5) is 0 Å². The summed E-state index contributed by atoms with van der Waals surface area (Å²) in [5.41, 5.74) is -4.74. The molecule has 0 heterocycles. The molecule has 0 aromatic rings. The molecule has 0 rings (SSSR count). The van der Waals surface area contributed by atoms with E-state index < -0.39 is 190 Å². The summed E-state index contributed by atoms with van der Waals surface area (Å²) >= 11 is 0. The van der Waals surface area contributed by atoms with Crippen molar-refractivity contribution in [3.63, 3.8) is 0 Å². The minimum absolute atomic E-state index is 0.118. The summed E-state index contributed by atoms with van der Waals surface area (Å²) in [4.78, 5) is 145. The lowest BCUT2D eigenvalue weighted by Crippen LogP contribution is -2.53. The van der Waals surface area contributed by atoms with Crippen LogP contribution in [0.15, 0.2) is 0 Å². The van der Waals surface area contributed by atoms with E-state index in [1.807, 2.05) is 0 Å². The number of amides is 3. The summed E-state index contributed by atoms with van der Waals surface area (Å²) in [7, 11) is 1.40. The van der Waals surface area contributed by atoms with E-state index in [1.54, 1.807) is 0 Å². The summed E-state index contributed by atoms with van der Waals surface area (Å²) in [5, 5.41) is 96.1. The van der Waals surface area contributed by atoms with Gasteiger partial charge in [-0.1, -0.05) is 0 Å². The lowest BCUT2D eigenvalue weighted by molar-refractivity contribution is -0.141. The van der Waals surface area contributed by atoms with Crippen molar-refractivity contribution in [2.75, 3.05) is 7.05 Å². The Morgan fingerprint density at radius 1 is 0.439 bits per heavy atom. The van der Waals surface area contributed by atoms with Crippen LogP contribution in [0.5, 0.6) is 0 Å². The molecule has 0 saturated carbocycles. The third kappa shape index (κ3) is 26.5. The molecule has 0 aliphatic heterocycles. The number of hydrogen-bond acceptors (Lipinski definition) is 14. The summed E-state index contributed by atoms with van der Waals surface area (Å²) in [6.07, 6.45) is -11.3. The lowest BCUT2D eigenvalue weighted by Gasteiger charge is -2.38. The van der Waals surface area contributed by atoms with E-state index >= 15 is 0 Å². The van der Waals surface area contributed by atoms with Crippen LogP contribution in [-0.2, 0) is 57.5 Å². The second-order valence-corrected chi connectivity index (χ2v) is 16.5. The first-order valence-electron chi connectivity index (χ1n) is 21.2. The molecule has 0 aromatic heterocycles. The van der Waals surface area contributed by atoms with E-state index in [9.17, 15) is 103 Å². The molecule has 13 N–H and O–H groups in total. The number of carboxylic acid groups (broad SMARTS) is 8. The number of aliphatic hydroxyl groups excluding tert-OH is 1. The third-order valence-corrected chi connectivity index (χ3v) is 11.4. The normalized spacial score (nSPS) is 13.7. The Morgan fingerprint density at radius 3 is 1.12 bits per heavy atom. The second kappa shape index (κ2) is 30.1. The molecule has 0 aliphatic rings. The standard InChI is InChI=1S/C41H64N4O21/c1-42-39(14-6-28(48)43-27(3-5-32(53)54)25(22-38(65)66)2-4-31(51)52,15-7-29(49)44-40(17-9-33(55)56,18-10-34(57)58)19-11-35(59)60)16-8-30(50)45-41(20-12-36(61)62,21-13-37(63)64)23-26(47)24-46/h24-27,42,47H,2-23H2,1H3,(H,43,48)(H,44,49)(H,45,50)(H,51,52)(H,53,54)(H,55,56)(H,57,58)(H,59,60)(H,61,62)(H,63,64)(H,65,66). The van der Waals surface area contributed by atoms with Gasteiger partial charge in [-0.2, -0.15) is 0 Å². The van der Waals surface area contributed by atoms with Crippen LogP contribution < -0.4 is 21.3 Å². The van der Waals surface area contributed by atoms with Crippen molar-refractivity contribution in [1.29, 1.82) is 0 Å². The maximum absolute atomic E-state index is 13.7. The van der Waals surface area contributed by atoms with Crippen molar-refractivity contribution >= 4 is 71.8 Å². The highest BCUT2D eigenvalue weighted by molar-refractivity contribution is 5.80. The van der Waals surface area contributed by atoms with Crippen LogP contribution in [-0.4, -0.2) is 154 Å². The Labute approximate surface area is 379 Å². The van der Waals surface area contributed by atoms with Crippen molar-refractivity contribution in [3.8, 4) is 0 Å². The number of rotatable bonds is 40. The minimum atomic E-state index is -1.74. The van der Waals surface area contributed by atoms with Gasteiger partial charge in [-0.05, 0) is 77.2 Å². The molecule has 374 valence electrons. The molecule has 25 heteroatoms. The van der Waals surface area contributed by atoms with Gasteiger partial charge in [-0.15, -0.1) is 0 Å². The molecule has 0 spiro atoms. The molecule has 0 radical (unpaired) electrons. The molecule has 3 amide bonds. The van der Waals surface area contributed by atoms with Crippen LogP contribution >= 0.6 is 0 Å². The predicted molar refractivity (Wildman–Crippen MR) is 224 cm³/mol. The summed E-state index contributed by atoms with van der Waals surface area (Å²) < 4.78 is 0. The maximum Gasteiger partial charge on any atom is 0.303 e. The van der Waals surface area contributed by atoms with Gasteiger partial charge in [-0.3, -0.25) is 52.7 Å². The average molecular weight is 949 g/mol. The molecule has 0 fully saturated rings. The fourth-order valence-corrected chi connectivity index (χ4v) is 7.73. The molecule has 4 unspecified atom stereocenters. The van der Waals surface area contributed by atoms with Crippen LogP contribution in [0.3, 0.4) is 0 Å². The molecule has 0 aromatic carbocycles. The lowest BCUT2D eigenvalue weighted by atomic mass is 9.81. The van der Waals surface area contributed by atoms with E-state index in [1.165, 1.54) is 7.05 Å². The molecule has 66 heavy (non-hydrogen) atoms. The van der Waals surface area contributed by atoms with Gasteiger partial charge in [0.25, 0.3) is 0 Å². The predicted octanol–water partition coefficient (Wildman–Crippen LogP) is 0.574. The number of aliphatic hydroxyl groups is 1. The van der Waals surface area contributed by atoms with Gasteiger partial charge < -0.3 is 72.0 Å². The van der Waals surface area contributed by atoms with Crippen molar-refractivity contribution in [2.45, 2.75) is 170 Å². The number of carbonyl (C=O) groups is 12. The van der Waals surface area contributed by atoms with Crippen LogP contribution in [0.2, 0.25) is 0 Å². The van der Waals surface area contributed by atoms with Gasteiger partial charge in [0.15, 0.2) is 0 Å². The number of aliphatic carboxylic acids is 8. The van der Waals surface area contributed by atoms with E-state index in [-0.39, 0.29) is 57.7 Å². The van der Waals surface area contributed by atoms with Crippen molar-refractivity contribution < 1.29 is 103 Å². The number of hydrogen-bond donors (Lipinski definition) is 13. The van der Waals surface area contributed by atoms with Gasteiger partial charge in [-0.25, -0.2) is 0 Å². The number of nitrogens with one attached hydrogen (secondary N) is 4. The van der Waals surface area contributed by atoms with Gasteiger partial charge in [0.1, 0.15) is 12.4 Å². The zero-order chi connectivity index (χ0) is 50.7. The van der Waals surface area contributed by atoms with E-state index in [0.29, 0.717) is 0 Å². The van der Waals surface area contributed by atoms with E-state index in [0.717, 1.165) is 0 Å². The summed E-state index contributed by atoms with van der Waals surface area (Å²) in [6, 6.07) is -1.13. The van der Waals surface area contributed by atoms with Crippen molar-refractivity contribution in [2.24, 2.45) is 5.92 Å². The molecule has 0 aliphatic carbocycles. The number of carboxylic acids is 8. The summed E-state index contributed by atoms with van der Waals surface area (Å²) in [5.74, 6) is -14.0. The monoisotopic (exact) mass is 948 g/mol. The molecule has 0 saturated heterocycles. The quantitative estimate of drug-likeness (QED) is 0.0373. The topological polar surface area (TPSA) is 435 Å². The molecular weight excluding hydrogens is 884 g/mol. The van der Waals surface area contributed by atoms with Crippen molar-refractivity contribution in [1.82, 2.24) is 21.3 Å². The highest BCUT2D eigenvalue weighted by Crippen LogP contribution is 2.31. The Hall–Kier alpha value is -6.24. The smallest absolute Gasteiger partial charge is 0.303 e. The van der Waals surface area contributed by atoms with Crippen LogP contribution in [0.1, 0.15) is 141 Å².